The van der Waals surface area contributed by atoms with E-state index in [1.54, 1.807) is 0 Å². The van der Waals surface area contributed by atoms with E-state index in [0.717, 1.165) is 0 Å². The van der Waals surface area contributed by atoms with Crippen LogP contribution in [0.3, 0.4) is 0 Å². The van der Waals surface area contributed by atoms with Crippen LogP contribution in [-0.2, 0) is 5.41 Å². The minimum absolute atomic E-state index is 0. The van der Waals surface area contributed by atoms with E-state index in [9.17, 15) is 0 Å². The fraction of sp³-hybridized carbons (Fsp3) is 0.400. The molecule has 0 radical (unpaired) electrons. The third-order valence-electron chi connectivity index (χ3n) is 1.64. The highest BCUT2D eigenvalue weighted by Crippen LogP contribution is 2.20. The smallest absolute Gasteiger partial charge is 0.0132 e. The van der Waals surface area contributed by atoms with Crippen LogP contribution in [-0.4, -0.2) is 0 Å². The fourth-order valence-corrected chi connectivity index (χ4v) is 0.938. The van der Waals surface area contributed by atoms with E-state index in [2.05, 4.69) is 51.1 Å². The first-order valence-electron chi connectivity index (χ1n) is 3.66. The van der Waals surface area contributed by atoms with Crippen molar-refractivity contribution in [1.82, 2.24) is 6.15 Å². The highest BCUT2D eigenvalue weighted by Gasteiger charge is 2.11. The van der Waals surface area contributed by atoms with E-state index >= 15 is 0 Å². The fourth-order valence-electron chi connectivity index (χ4n) is 0.938. The van der Waals surface area contributed by atoms with Gasteiger partial charge in [0.05, 0.1) is 0 Å². The number of rotatable bonds is 0. The van der Waals surface area contributed by atoms with Gasteiger partial charge in [0.25, 0.3) is 0 Å². The summed E-state index contributed by atoms with van der Waals surface area (Å²) in [5, 5.41) is 0. The zero-order valence-electron chi connectivity index (χ0n) is 8.00. The van der Waals surface area contributed by atoms with Crippen LogP contribution in [0.5, 0.6) is 0 Å². The van der Waals surface area contributed by atoms with E-state index in [1.165, 1.54) is 5.56 Å². The minimum atomic E-state index is 0. The van der Waals surface area contributed by atoms with Crippen molar-refractivity contribution < 1.29 is 0 Å². The Hall–Kier alpha value is -0.530. The Bertz CT molecular complexity index is 201. The Morgan fingerprint density at radius 3 is 1.58 bits per heavy atom. The number of hydrogen-bond acceptors (Lipinski definition) is 1. The van der Waals surface area contributed by atoms with Crippen LogP contribution in [0.25, 0.3) is 0 Å². The van der Waals surface area contributed by atoms with Crippen molar-refractivity contribution in [2.24, 2.45) is 0 Å². The number of halogens is 1. The molecule has 0 fully saturated rings. The summed E-state index contributed by atoms with van der Waals surface area (Å²) < 4.78 is 0. The molecule has 1 nitrogen and oxygen atoms in total. The molecule has 12 heavy (non-hydrogen) atoms. The predicted molar refractivity (Wildman–Crippen MR) is 57.4 cm³/mol. The van der Waals surface area contributed by atoms with Gasteiger partial charge in [0.15, 0.2) is 0 Å². The van der Waals surface area contributed by atoms with Crippen molar-refractivity contribution in [2.75, 3.05) is 0 Å². The molecule has 1 aromatic carbocycles. The third-order valence-corrected chi connectivity index (χ3v) is 1.64. The molecule has 0 aliphatic rings. The van der Waals surface area contributed by atoms with Crippen molar-refractivity contribution >= 4 is 12.4 Å². The normalized spacial score (nSPS) is 9.58. The lowest BCUT2D eigenvalue weighted by molar-refractivity contribution is 0.590. The summed E-state index contributed by atoms with van der Waals surface area (Å²) >= 11 is 0. The molecule has 0 aliphatic carbocycles. The van der Waals surface area contributed by atoms with Gasteiger partial charge in [0.1, 0.15) is 0 Å². The monoisotopic (exact) mass is 187 g/mol. The second-order valence-corrected chi connectivity index (χ2v) is 3.62. The van der Waals surface area contributed by atoms with Gasteiger partial charge in [-0.25, -0.2) is 0 Å². The molecule has 0 bridgehead atoms. The van der Waals surface area contributed by atoms with E-state index in [4.69, 9.17) is 0 Å². The van der Waals surface area contributed by atoms with E-state index < -0.39 is 0 Å². The van der Waals surface area contributed by atoms with Crippen molar-refractivity contribution in [1.29, 1.82) is 0 Å². The highest BCUT2D eigenvalue weighted by atomic mass is 35.5. The highest BCUT2D eigenvalue weighted by molar-refractivity contribution is 5.85. The zero-order valence-corrected chi connectivity index (χ0v) is 8.82. The molecular formula is C10H18ClN. The maximum absolute atomic E-state index is 2.22. The first-order chi connectivity index (χ1) is 4.61. The predicted octanol–water partition coefficient (Wildman–Crippen LogP) is 3.57. The first kappa shape index (κ1) is 14.0. The van der Waals surface area contributed by atoms with Gasteiger partial charge in [-0.2, -0.15) is 0 Å². The SMILES string of the molecule is CC(C)(C)c1ccccc1.Cl.N. The Morgan fingerprint density at radius 1 is 0.917 bits per heavy atom. The van der Waals surface area contributed by atoms with Crippen LogP contribution in [0.2, 0.25) is 0 Å². The molecule has 0 aliphatic heterocycles. The maximum Gasteiger partial charge on any atom is -0.0132 e. The van der Waals surface area contributed by atoms with E-state index in [0.29, 0.717) is 5.41 Å². The minimum Gasteiger partial charge on any atom is -0.344 e. The maximum atomic E-state index is 2.22. The summed E-state index contributed by atoms with van der Waals surface area (Å²) in [5.74, 6) is 0. The molecule has 0 saturated heterocycles. The zero-order chi connectivity index (χ0) is 7.61. The summed E-state index contributed by atoms with van der Waals surface area (Å²) in [7, 11) is 0. The van der Waals surface area contributed by atoms with Gasteiger partial charge in [-0.3, -0.25) is 0 Å². The van der Waals surface area contributed by atoms with Gasteiger partial charge < -0.3 is 6.15 Å². The number of benzene rings is 1. The molecule has 70 valence electrons. The van der Waals surface area contributed by atoms with Crippen molar-refractivity contribution in [3.8, 4) is 0 Å². The van der Waals surface area contributed by atoms with E-state index in [1.807, 2.05) is 0 Å². The van der Waals surface area contributed by atoms with Gasteiger partial charge in [-0.1, -0.05) is 51.1 Å². The van der Waals surface area contributed by atoms with Crippen LogP contribution in [0.15, 0.2) is 30.3 Å². The standard InChI is InChI=1S/C10H14.ClH.H3N/c1-10(2,3)9-7-5-4-6-8-9;;/h4-8H,1-3H3;1H;1H3. The van der Waals surface area contributed by atoms with Gasteiger partial charge >= 0.3 is 0 Å². The Morgan fingerprint density at radius 2 is 1.33 bits per heavy atom. The summed E-state index contributed by atoms with van der Waals surface area (Å²) in [6, 6.07) is 10.6. The lowest BCUT2D eigenvalue weighted by Crippen LogP contribution is -2.10. The molecule has 1 rings (SSSR count). The summed E-state index contributed by atoms with van der Waals surface area (Å²) in [6.07, 6.45) is 0. The van der Waals surface area contributed by atoms with Crippen LogP contribution >= 0.6 is 12.4 Å². The van der Waals surface area contributed by atoms with Crippen molar-refractivity contribution in [3.05, 3.63) is 35.9 Å². The van der Waals surface area contributed by atoms with Crippen LogP contribution < -0.4 is 6.15 Å². The molecule has 0 amide bonds. The van der Waals surface area contributed by atoms with Crippen LogP contribution in [0.1, 0.15) is 26.3 Å². The molecule has 2 heteroatoms. The van der Waals surface area contributed by atoms with Gasteiger partial charge in [0.2, 0.25) is 0 Å². The Labute approximate surface area is 81.2 Å². The van der Waals surface area contributed by atoms with Crippen LogP contribution in [0.4, 0.5) is 0 Å². The molecular weight excluding hydrogens is 170 g/mol. The average molecular weight is 188 g/mol. The lowest BCUT2D eigenvalue weighted by atomic mass is 9.87. The van der Waals surface area contributed by atoms with Crippen molar-refractivity contribution in [3.63, 3.8) is 0 Å². The summed E-state index contributed by atoms with van der Waals surface area (Å²) in [5.41, 5.74) is 1.69. The second kappa shape index (κ2) is 5.18. The molecule has 0 aromatic heterocycles. The molecule has 0 saturated carbocycles. The Kier molecular flexibility index (Phi) is 6.05. The van der Waals surface area contributed by atoms with Gasteiger partial charge in [-0.05, 0) is 11.0 Å². The topological polar surface area (TPSA) is 35.0 Å². The largest absolute Gasteiger partial charge is 0.344 e. The molecule has 0 unspecified atom stereocenters. The molecule has 1 aromatic rings. The quantitative estimate of drug-likeness (QED) is 0.662. The molecule has 0 atom stereocenters. The summed E-state index contributed by atoms with van der Waals surface area (Å²) in [4.78, 5) is 0. The van der Waals surface area contributed by atoms with Gasteiger partial charge in [0, 0.05) is 0 Å². The molecule has 0 spiro atoms. The molecule has 0 heterocycles. The van der Waals surface area contributed by atoms with Crippen molar-refractivity contribution in [2.45, 2.75) is 26.2 Å². The lowest BCUT2D eigenvalue weighted by Gasteiger charge is -2.18. The average Bonchev–Trinajstić information content (AvgIpc) is 1.88. The number of hydrogen-bond donors (Lipinski definition) is 1. The van der Waals surface area contributed by atoms with Crippen LogP contribution in [0, 0.1) is 0 Å². The molecule has 3 N–H and O–H groups in total. The van der Waals surface area contributed by atoms with Gasteiger partial charge in [-0.15, -0.1) is 12.4 Å². The van der Waals surface area contributed by atoms with E-state index in [-0.39, 0.29) is 18.6 Å². The Balaban J connectivity index is 0. The second-order valence-electron chi connectivity index (χ2n) is 3.62. The third kappa shape index (κ3) is 3.74. The first-order valence-corrected chi connectivity index (χ1v) is 3.66. The summed E-state index contributed by atoms with van der Waals surface area (Å²) in [6.45, 7) is 6.67.